The fourth-order valence-corrected chi connectivity index (χ4v) is 4.19. The standard InChI is InChI=1S/C22H22N2O3S2/c1-24(29(2,26)27)19-12-8-11-18(15-19)23-22(25)20-13-6-7-14-21(20)28-16-17-9-4-3-5-10-17/h3-15H,16H2,1-2H3,(H,23,25). The van der Waals surface area contributed by atoms with Crippen LogP contribution in [0.1, 0.15) is 15.9 Å². The van der Waals surface area contributed by atoms with Crippen molar-refractivity contribution in [2.24, 2.45) is 0 Å². The Bertz CT molecular complexity index is 1100. The number of benzene rings is 3. The van der Waals surface area contributed by atoms with Gasteiger partial charge in [0.05, 0.1) is 17.5 Å². The van der Waals surface area contributed by atoms with E-state index in [4.69, 9.17) is 0 Å². The summed E-state index contributed by atoms with van der Waals surface area (Å²) in [6.07, 6.45) is 1.14. The van der Waals surface area contributed by atoms with Gasteiger partial charge in [0, 0.05) is 23.4 Å². The highest BCUT2D eigenvalue weighted by atomic mass is 32.2. The summed E-state index contributed by atoms with van der Waals surface area (Å²) in [5.41, 5.74) is 2.78. The fourth-order valence-electron chi connectivity index (χ4n) is 2.68. The molecule has 7 heteroatoms. The van der Waals surface area contributed by atoms with Crippen LogP contribution in [0.4, 0.5) is 11.4 Å². The summed E-state index contributed by atoms with van der Waals surface area (Å²) < 4.78 is 24.7. The lowest BCUT2D eigenvalue weighted by Gasteiger charge is -2.17. The molecule has 29 heavy (non-hydrogen) atoms. The predicted octanol–water partition coefficient (Wildman–Crippen LogP) is 4.63. The van der Waals surface area contributed by atoms with Gasteiger partial charge in [0.1, 0.15) is 0 Å². The van der Waals surface area contributed by atoms with Crippen molar-refractivity contribution in [3.05, 3.63) is 90.0 Å². The number of nitrogens with one attached hydrogen (secondary N) is 1. The van der Waals surface area contributed by atoms with E-state index in [2.05, 4.69) is 17.4 Å². The number of anilines is 2. The summed E-state index contributed by atoms with van der Waals surface area (Å²) >= 11 is 1.60. The van der Waals surface area contributed by atoms with E-state index >= 15 is 0 Å². The Kier molecular flexibility index (Phi) is 6.61. The van der Waals surface area contributed by atoms with Crippen molar-refractivity contribution in [2.45, 2.75) is 10.6 Å². The predicted molar refractivity (Wildman–Crippen MR) is 120 cm³/mol. The number of carbonyl (C=O) groups is 1. The Morgan fingerprint density at radius 3 is 2.38 bits per heavy atom. The molecule has 0 heterocycles. The van der Waals surface area contributed by atoms with Gasteiger partial charge in [-0.2, -0.15) is 0 Å². The second-order valence-corrected chi connectivity index (χ2v) is 9.54. The quantitative estimate of drug-likeness (QED) is 0.560. The van der Waals surface area contributed by atoms with E-state index in [-0.39, 0.29) is 5.91 Å². The molecule has 0 saturated carbocycles. The normalized spacial score (nSPS) is 11.1. The topological polar surface area (TPSA) is 66.5 Å². The van der Waals surface area contributed by atoms with Crippen molar-refractivity contribution in [3.63, 3.8) is 0 Å². The zero-order chi connectivity index (χ0) is 20.9. The molecule has 0 unspecified atom stereocenters. The van der Waals surface area contributed by atoms with Crippen LogP contribution in [0.5, 0.6) is 0 Å². The lowest BCUT2D eigenvalue weighted by Crippen LogP contribution is -2.24. The van der Waals surface area contributed by atoms with Crippen molar-refractivity contribution in [2.75, 3.05) is 22.9 Å². The Morgan fingerprint density at radius 2 is 1.66 bits per heavy atom. The van der Waals surface area contributed by atoms with E-state index in [9.17, 15) is 13.2 Å². The molecular weight excluding hydrogens is 404 g/mol. The summed E-state index contributed by atoms with van der Waals surface area (Å²) in [6.45, 7) is 0. The molecule has 0 aliphatic carbocycles. The van der Waals surface area contributed by atoms with E-state index in [1.165, 1.54) is 16.9 Å². The lowest BCUT2D eigenvalue weighted by molar-refractivity contribution is 0.102. The van der Waals surface area contributed by atoms with Crippen molar-refractivity contribution < 1.29 is 13.2 Å². The van der Waals surface area contributed by atoms with Crippen molar-refractivity contribution in [1.82, 2.24) is 0 Å². The van der Waals surface area contributed by atoms with Gasteiger partial charge in [0.2, 0.25) is 10.0 Å². The van der Waals surface area contributed by atoms with Gasteiger partial charge in [-0.25, -0.2) is 8.42 Å². The Morgan fingerprint density at radius 1 is 0.966 bits per heavy atom. The minimum atomic E-state index is -3.38. The number of hydrogen-bond acceptors (Lipinski definition) is 4. The van der Waals surface area contributed by atoms with Gasteiger partial charge in [0.25, 0.3) is 5.91 Å². The van der Waals surface area contributed by atoms with Gasteiger partial charge in [-0.1, -0.05) is 48.5 Å². The number of amides is 1. The van der Waals surface area contributed by atoms with Crippen molar-refractivity contribution in [1.29, 1.82) is 0 Å². The Hall–Kier alpha value is -2.77. The second kappa shape index (κ2) is 9.15. The first-order chi connectivity index (χ1) is 13.8. The van der Waals surface area contributed by atoms with E-state index in [0.29, 0.717) is 16.9 Å². The minimum Gasteiger partial charge on any atom is -0.322 e. The van der Waals surface area contributed by atoms with Crippen LogP contribution < -0.4 is 9.62 Å². The van der Waals surface area contributed by atoms with E-state index in [1.54, 1.807) is 42.1 Å². The van der Waals surface area contributed by atoms with Crippen LogP contribution in [0.3, 0.4) is 0 Å². The van der Waals surface area contributed by atoms with Crippen LogP contribution in [0.2, 0.25) is 0 Å². The van der Waals surface area contributed by atoms with Crippen LogP contribution >= 0.6 is 11.8 Å². The maximum absolute atomic E-state index is 12.9. The Labute approximate surface area is 175 Å². The highest BCUT2D eigenvalue weighted by molar-refractivity contribution is 7.98. The number of carbonyl (C=O) groups excluding carboxylic acids is 1. The fraction of sp³-hybridized carbons (Fsp3) is 0.136. The summed E-state index contributed by atoms with van der Waals surface area (Å²) in [5.74, 6) is 0.528. The molecular formula is C22H22N2O3S2. The summed E-state index contributed by atoms with van der Waals surface area (Å²) in [7, 11) is -1.90. The van der Waals surface area contributed by atoms with Crippen LogP contribution in [-0.2, 0) is 15.8 Å². The lowest BCUT2D eigenvalue weighted by atomic mass is 10.2. The largest absolute Gasteiger partial charge is 0.322 e. The van der Waals surface area contributed by atoms with Crippen molar-refractivity contribution in [3.8, 4) is 0 Å². The summed E-state index contributed by atoms with van der Waals surface area (Å²) in [4.78, 5) is 13.8. The number of nitrogens with zero attached hydrogens (tertiary/aromatic N) is 1. The van der Waals surface area contributed by atoms with Crippen LogP contribution in [-0.4, -0.2) is 27.6 Å². The molecule has 0 saturated heterocycles. The van der Waals surface area contributed by atoms with Gasteiger partial charge in [-0.3, -0.25) is 9.10 Å². The van der Waals surface area contributed by atoms with Gasteiger partial charge in [0.15, 0.2) is 0 Å². The molecule has 3 aromatic rings. The summed E-state index contributed by atoms with van der Waals surface area (Å²) in [5, 5.41) is 2.87. The molecule has 1 amide bonds. The molecule has 0 atom stereocenters. The van der Waals surface area contributed by atoms with Gasteiger partial charge in [-0.15, -0.1) is 11.8 Å². The molecule has 0 aliphatic rings. The minimum absolute atomic E-state index is 0.236. The molecule has 0 spiro atoms. The highest BCUT2D eigenvalue weighted by Crippen LogP contribution is 2.27. The average Bonchev–Trinajstić information content (AvgIpc) is 2.72. The number of rotatable bonds is 7. The monoisotopic (exact) mass is 426 g/mol. The highest BCUT2D eigenvalue weighted by Gasteiger charge is 2.15. The first-order valence-corrected chi connectivity index (χ1v) is 11.8. The number of thioether (sulfide) groups is 1. The molecule has 1 N–H and O–H groups in total. The molecule has 3 aromatic carbocycles. The maximum atomic E-state index is 12.9. The van der Waals surface area contributed by atoms with Crippen LogP contribution in [0.25, 0.3) is 0 Å². The molecule has 0 fully saturated rings. The average molecular weight is 427 g/mol. The van der Waals surface area contributed by atoms with Gasteiger partial charge >= 0.3 is 0 Å². The maximum Gasteiger partial charge on any atom is 0.256 e. The number of sulfonamides is 1. The molecule has 3 rings (SSSR count). The molecule has 5 nitrogen and oxygen atoms in total. The third-order valence-electron chi connectivity index (χ3n) is 4.33. The molecule has 0 radical (unpaired) electrons. The van der Waals surface area contributed by atoms with Gasteiger partial charge in [-0.05, 0) is 35.9 Å². The molecule has 0 bridgehead atoms. The van der Waals surface area contributed by atoms with Gasteiger partial charge < -0.3 is 5.32 Å². The Balaban J connectivity index is 1.76. The smallest absolute Gasteiger partial charge is 0.256 e. The summed E-state index contributed by atoms with van der Waals surface area (Å²) in [6, 6.07) is 24.3. The first-order valence-electron chi connectivity index (χ1n) is 8.95. The third kappa shape index (κ3) is 5.62. The third-order valence-corrected chi connectivity index (χ3v) is 6.68. The zero-order valence-electron chi connectivity index (χ0n) is 16.2. The molecule has 0 aliphatic heterocycles. The first kappa shape index (κ1) is 21.0. The molecule has 150 valence electrons. The number of hydrogen-bond donors (Lipinski definition) is 1. The van der Waals surface area contributed by atoms with Crippen LogP contribution in [0, 0.1) is 0 Å². The second-order valence-electron chi connectivity index (χ2n) is 6.51. The van der Waals surface area contributed by atoms with E-state index < -0.39 is 10.0 Å². The van der Waals surface area contributed by atoms with E-state index in [1.807, 2.05) is 36.4 Å². The zero-order valence-corrected chi connectivity index (χ0v) is 17.8. The SMILES string of the molecule is CN(c1cccc(NC(=O)c2ccccc2SCc2ccccc2)c1)S(C)(=O)=O. The molecule has 0 aromatic heterocycles. The van der Waals surface area contributed by atoms with Crippen molar-refractivity contribution >= 4 is 39.1 Å². The van der Waals surface area contributed by atoms with E-state index in [0.717, 1.165) is 16.9 Å². The van der Waals surface area contributed by atoms with Crippen LogP contribution in [0.15, 0.2) is 83.8 Å².